The number of carboxylic acid groups (broad SMARTS) is 1. The van der Waals surface area contributed by atoms with Gasteiger partial charge in [0.15, 0.2) is 17.5 Å². The van der Waals surface area contributed by atoms with E-state index in [0.29, 0.717) is 24.5 Å². The van der Waals surface area contributed by atoms with E-state index in [9.17, 15) is 30.0 Å². The maximum absolute atomic E-state index is 12.5. The van der Waals surface area contributed by atoms with E-state index in [4.69, 9.17) is 9.84 Å². The molecule has 0 bridgehead atoms. The van der Waals surface area contributed by atoms with Crippen LogP contribution in [0.15, 0.2) is 60.0 Å². The van der Waals surface area contributed by atoms with Crippen molar-refractivity contribution in [1.29, 1.82) is 0 Å². The Morgan fingerprint density at radius 3 is 2.42 bits per heavy atom. The Hall–Kier alpha value is -3.43. The molecule has 40 heavy (non-hydrogen) atoms. The molecule has 0 aliphatic carbocycles. The Labute approximate surface area is 234 Å². The molecule has 0 spiro atoms. The van der Waals surface area contributed by atoms with Gasteiger partial charge in [-0.25, -0.2) is 9.78 Å². The minimum absolute atomic E-state index is 0.0270. The summed E-state index contributed by atoms with van der Waals surface area (Å²) in [6, 6.07) is 16.9. The Kier molecular flexibility index (Phi) is 10.2. The summed E-state index contributed by atoms with van der Waals surface area (Å²) in [7, 11) is 0. The monoisotopic (exact) mass is 572 g/mol. The van der Waals surface area contributed by atoms with Crippen molar-refractivity contribution in [2.45, 2.75) is 49.6 Å². The van der Waals surface area contributed by atoms with E-state index >= 15 is 0 Å². The number of nitrogens with zero attached hydrogens (tertiary/aromatic N) is 1. The number of thiazole rings is 1. The Morgan fingerprint density at radius 2 is 1.73 bits per heavy atom. The first-order valence-electron chi connectivity index (χ1n) is 12.7. The number of aliphatic hydroxyl groups is 4. The molecule has 1 fully saturated rings. The van der Waals surface area contributed by atoms with Crippen LogP contribution in [0.4, 0.5) is 10.8 Å². The van der Waals surface area contributed by atoms with Gasteiger partial charge in [0.1, 0.15) is 18.3 Å². The van der Waals surface area contributed by atoms with E-state index in [0.717, 1.165) is 28.9 Å². The van der Waals surface area contributed by atoms with Crippen LogP contribution >= 0.6 is 11.3 Å². The molecule has 6 atom stereocenters. The molecule has 2 aromatic carbocycles. The molecule has 0 saturated carbocycles. The smallest absolute Gasteiger partial charge is 0.335 e. The highest BCUT2D eigenvalue weighted by molar-refractivity contribution is 7.13. The first kappa shape index (κ1) is 29.6. The molecule has 1 aliphatic rings. The number of rotatable bonds is 12. The SMILES string of the molecule is O=C(Cc1csc(N[C@@H]2O[C@H](C(=O)O)[C@@H](O)[C@H](O)[C@H]2O)n1)Nc1ccc(CCNC[C@H](O)c2ccccc2)cc1. The second-order valence-corrected chi connectivity index (χ2v) is 10.2. The third-order valence-corrected chi connectivity index (χ3v) is 7.19. The summed E-state index contributed by atoms with van der Waals surface area (Å²) in [5.74, 6) is -1.77. The molecule has 1 aromatic heterocycles. The molecule has 1 amide bonds. The highest BCUT2D eigenvalue weighted by atomic mass is 32.1. The lowest BCUT2D eigenvalue weighted by molar-refractivity contribution is -0.221. The summed E-state index contributed by atoms with van der Waals surface area (Å²) >= 11 is 1.11. The summed E-state index contributed by atoms with van der Waals surface area (Å²) in [6.45, 7) is 1.14. The molecule has 2 heterocycles. The maximum atomic E-state index is 12.5. The van der Waals surface area contributed by atoms with Gasteiger partial charge in [-0.05, 0) is 36.2 Å². The third-order valence-electron chi connectivity index (χ3n) is 6.37. The fourth-order valence-electron chi connectivity index (χ4n) is 4.17. The maximum Gasteiger partial charge on any atom is 0.335 e. The fourth-order valence-corrected chi connectivity index (χ4v) is 4.91. The topological polar surface area (TPSA) is 193 Å². The third kappa shape index (κ3) is 7.82. The number of carboxylic acids is 1. The van der Waals surface area contributed by atoms with E-state index in [-0.39, 0.29) is 17.5 Å². The highest BCUT2D eigenvalue weighted by Crippen LogP contribution is 2.25. The van der Waals surface area contributed by atoms with Crippen LogP contribution in [0.2, 0.25) is 0 Å². The number of hydrogen-bond acceptors (Lipinski definition) is 11. The minimum Gasteiger partial charge on any atom is -0.479 e. The van der Waals surface area contributed by atoms with E-state index in [1.165, 1.54) is 0 Å². The zero-order valence-electron chi connectivity index (χ0n) is 21.4. The summed E-state index contributed by atoms with van der Waals surface area (Å²) in [5, 5.41) is 59.9. The molecular formula is C27H32N4O8S. The second-order valence-electron chi connectivity index (χ2n) is 9.38. The first-order valence-corrected chi connectivity index (χ1v) is 13.5. The van der Waals surface area contributed by atoms with Gasteiger partial charge >= 0.3 is 5.97 Å². The van der Waals surface area contributed by atoms with Gasteiger partial charge in [-0.2, -0.15) is 0 Å². The molecule has 1 aliphatic heterocycles. The van der Waals surface area contributed by atoms with Crippen LogP contribution in [-0.4, -0.2) is 86.1 Å². The van der Waals surface area contributed by atoms with Crippen molar-refractivity contribution in [3.05, 3.63) is 76.8 Å². The van der Waals surface area contributed by atoms with Gasteiger partial charge in [0, 0.05) is 17.6 Å². The van der Waals surface area contributed by atoms with Crippen molar-refractivity contribution < 1.29 is 39.9 Å². The lowest BCUT2D eigenvalue weighted by Crippen LogP contribution is -2.61. The van der Waals surface area contributed by atoms with Crippen LogP contribution in [0.3, 0.4) is 0 Å². The van der Waals surface area contributed by atoms with Crippen LogP contribution in [0.25, 0.3) is 0 Å². The number of carbonyl (C=O) groups excluding carboxylic acids is 1. The summed E-state index contributed by atoms with van der Waals surface area (Å²) < 4.78 is 5.19. The number of amides is 1. The van der Waals surface area contributed by atoms with Gasteiger partial charge in [-0.3, -0.25) is 4.79 Å². The number of anilines is 2. The van der Waals surface area contributed by atoms with Gasteiger partial charge in [-0.15, -0.1) is 11.3 Å². The van der Waals surface area contributed by atoms with Crippen molar-refractivity contribution in [3.63, 3.8) is 0 Å². The highest BCUT2D eigenvalue weighted by Gasteiger charge is 2.47. The molecular weight excluding hydrogens is 540 g/mol. The van der Waals surface area contributed by atoms with Crippen molar-refractivity contribution in [1.82, 2.24) is 10.3 Å². The Bertz CT molecular complexity index is 1260. The minimum atomic E-state index is -1.79. The van der Waals surface area contributed by atoms with Gasteiger partial charge in [0.05, 0.1) is 18.2 Å². The second kappa shape index (κ2) is 13.8. The standard InChI is InChI=1S/C27H32N4O8S/c32-19(16-4-2-1-3-5-16)13-28-11-10-15-6-8-17(9-7-15)29-20(33)12-18-14-40-27(30-18)31-25-23(36)21(34)22(35)24(39-25)26(37)38/h1-9,14,19,21-25,28,32,34-36H,10-13H2,(H,29,33)(H,30,31)(H,37,38)/t19-,21-,22-,23+,24-,25+/m0/s1. The number of aliphatic hydroxyl groups excluding tert-OH is 4. The van der Waals surface area contributed by atoms with Crippen molar-refractivity contribution >= 4 is 34.0 Å². The lowest BCUT2D eigenvalue weighted by Gasteiger charge is -2.38. The van der Waals surface area contributed by atoms with Gasteiger partial charge in [0.2, 0.25) is 5.91 Å². The molecule has 3 aromatic rings. The Morgan fingerprint density at radius 1 is 1.00 bits per heavy atom. The average Bonchev–Trinajstić information content (AvgIpc) is 3.38. The number of carbonyl (C=O) groups is 2. The number of aromatic nitrogens is 1. The molecule has 8 N–H and O–H groups in total. The van der Waals surface area contributed by atoms with Crippen LogP contribution in [0, 0.1) is 0 Å². The lowest BCUT2D eigenvalue weighted by atomic mass is 9.98. The summed E-state index contributed by atoms with van der Waals surface area (Å²) in [4.78, 5) is 28.0. The van der Waals surface area contributed by atoms with Crippen LogP contribution in [0.1, 0.15) is 22.9 Å². The zero-order valence-corrected chi connectivity index (χ0v) is 22.2. The molecule has 0 unspecified atom stereocenters. The fraction of sp³-hybridized carbons (Fsp3) is 0.370. The molecule has 214 valence electrons. The van der Waals surface area contributed by atoms with Crippen molar-refractivity contribution in [2.24, 2.45) is 0 Å². The quantitative estimate of drug-likeness (QED) is 0.141. The molecule has 12 nitrogen and oxygen atoms in total. The van der Waals surface area contributed by atoms with E-state index in [1.807, 2.05) is 42.5 Å². The van der Waals surface area contributed by atoms with Crippen molar-refractivity contribution in [3.8, 4) is 0 Å². The van der Waals surface area contributed by atoms with E-state index in [1.54, 1.807) is 17.5 Å². The largest absolute Gasteiger partial charge is 0.479 e. The molecule has 13 heteroatoms. The Balaban J connectivity index is 1.20. The van der Waals surface area contributed by atoms with Crippen LogP contribution < -0.4 is 16.0 Å². The first-order chi connectivity index (χ1) is 19.2. The number of ether oxygens (including phenoxy) is 1. The van der Waals surface area contributed by atoms with Gasteiger partial charge in [0.25, 0.3) is 0 Å². The predicted molar refractivity (Wildman–Crippen MR) is 147 cm³/mol. The average molecular weight is 573 g/mol. The van der Waals surface area contributed by atoms with Crippen molar-refractivity contribution in [2.75, 3.05) is 23.7 Å². The van der Waals surface area contributed by atoms with Crippen LogP contribution in [0.5, 0.6) is 0 Å². The predicted octanol–water partition coefficient (Wildman–Crippen LogP) is 0.494. The zero-order chi connectivity index (χ0) is 28.6. The summed E-state index contributed by atoms with van der Waals surface area (Å²) in [5.41, 5.74) is 3.00. The van der Waals surface area contributed by atoms with Gasteiger partial charge in [-0.1, -0.05) is 42.5 Å². The summed E-state index contributed by atoms with van der Waals surface area (Å²) in [6.07, 6.45) is -8.00. The number of benzene rings is 2. The number of hydrogen-bond donors (Lipinski definition) is 8. The molecule has 1 saturated heterocycles. The van der Waals surface area contributed by atoms with Gasteiger partial charge < -0.3 is 46.2 Å². The van der Waals surface area contributed by atoms with Crippen LogP contribution in [-0.2, 0) is 27.2 Å². The van der Waals surface area contributed by atoms with E-state index in [2.05, 4.69) is 20.9 Å². The number of nitrogens with one attached hydrogen (secondary N) is 3. The molecule has 0 radical (unpaired) electrons. The van der Waals surface area contributed by atoms with E-state index < -0.39 is 42.7 Å². The molecule has 4 rings (SSSR count). The normalized spacial score (nSPS) is 23.4. The number of aliphatic carboxylic acids is 1.